The van der Waals surface area contributed by atoms with Gasteiger partial charge in [0.1, 0.15) is 11.8 Å². The molecule has 1 unspecified atom stereocenters. The van der Waals surface area contributed by atoms with Gasteiger partial charge in [-0.3, -0.25) is 14.5 Å². The molecule has 1 N–H and O–H groups in total. The topological polar surface area (TPSA) is 70.5 Å². The molecule has 0 aliphatic carbocycles. The van der Waals surface area contributed by atoms with Crippen LogP contribution in [0.25, 0.3) is 5.76 Å². The zero-order valence-electron chi connectivity index (χ0n) is 14.7. The molecule has 0 saturated carbocycles. The molecule has 0 radical (unpaired) electrons. The number of anilines is 1. The number of aromatic nitrogens is 1. The van der Waals surface area contributed by atoms with Crippen LogP contribution in [0, 0.1) is 13.8 Å². The molecule has 1 fully saturated rings. The van der Waals surface area contributed by atoms with E-state index in [0.717, 1.165) is 15.4 Å². The summed E-state index contributed by atoms with van der Waals surface area (Å²) >= 11 is 2.81. The fourth-order valence-corrected chi connectivity index (χ4v) is 4.82. The lowest BCUT2D eigenvalue weighted by Gasteiger charge is -2.21. The van der Waals surface area contributed by atoms with E-state index in [-0.39, 0.29) is 11.3 Å². The van der Waals surface area contributed by atoms with Crippen LogP contribution in [-0.4, -0.2) is 21.8 Å². The largest absolute Gasteiger partial charge is 0.507 e. The Labute approximate surface area is 164 Å². The summed E-state index contributed by atoms with van der Waals surface area (Å²) in [5, 5.41) is 13.2. The molecule has 3 aromatic rings. The first-order valence-corrected chi connectivity index (χ1v) is 10.0. The number of amides is 1. The number of ketones is 1. The van der Waals surface area contributed by atoms with Crippen molar-refractivity contribution in [3.05, 3.63) is 74.4 Å². The molecule has 0 spiro atoms. The summed E-state index contributed by atoms with van der Waals surface area (Å²) in [5.41, 5.74) is 1.42. The molecule has 3 heterocycles. The van der Waals surface area contributed by atoms with E-state index in [9.17, 15) is 14.7 Å². The van der Waals surface area contributed by atoms with E-state index < -0.39 is 17.7 Å². The number of nitrogens with zero attached hydrogens (tertiary/aromatic N) is 2. The first-order chi connectivity index (χ1) is 13.0. The second-order valence-corrected chi connectivity index (χ2v) is 8.35. The predicted octanol–water partition coefficient (Wildman–Crippen LogP) is 4.45. The third kappa shape index (κ3) is 2.89. The number of Topliss-reactive ketones (excluding diaryl/α,β-unsaturated/α-hetero) is 1. The molecule has 1 saturated heterocycles. The maximum absolute atomic E-state index is 12.9. The average Bonchev–Trinajstić information content (AvgIpc) is 3.36. The smallest absolute Gasteiger partial charge is 0.301 e. The van der Waals surface area contributed by atoms with Crippen molar-refractivity contribution in [3.8, 4) is 0 Å². The van der Waals surface area contributed by atoms with Gasteiger partial charge >= 0.3 is 5.91 Å². The number of aryl methyl sites for hydroxylation is 2. The number of thiazole rings is 1. The maximum atomic E-state index is 12.9. The predicted molar refractivity (Wildman–Crippen MR) is 107 cm³/mol. The average molecular weight is 396 g/mol. The second-order valence-electron chi connectivity index (χ2n) is 6.19. The molecule has 136 valence electrons. The molecular weight excluding hydrogens is 380 g/mol. The van der Waals surface area contributed by atoms with Crippen LogP contribution in [0.5, 0.6) is 0 Å². The standard InChI is InChI=1S/C20H16N2O3S2/c1-11-12(2)27-20(21-11)22-16(14-9-6-10-26-14)15(18(24)19(22)25)17(23)13-7-4-3-5-8-13/h3-10,16,23H,1-2H3/b17-15+. The fraction of sp³-hybridized carbons (Fsp3) is 0.150. The number of thiophene rings is 1. The van der Waals surface area contributed by atoms with Crippen LogP contribution in [-0.2, 0) is 9.59 Å². The zero-order valence-corrected chi connectivity index (χ0v) is 16.3. The van der Waals surface area contributed by atoms with Gasteiger partial charge in [0, 0.05) is 15.3 Å². The maximum Gasteiger partial charge on any atom is 0.301 e. The highest BCUT2D eigenvalue weighted by molar-refractivity contribution is 7.16. The van der Waals surface area contributed by atoms with Gasteiger partial charge in [0.2, 0.25) is 0 Å². The highest BCUT2D eigenvalue weighted by Gasteiger charge is 2.48. The van der Waals surface area contributed by atoms with Gasteiger partial charge in [0.25, 0.3) is 5.78 Å². The summed E-state index contributed by atoms with van der Waals surface area (Å²) in [7, 11) is 0. The number of benzene rings is 1. The highest BCUT2D eigenvalue weighted by Crippen LogP contribution is 2.44. The molecule has 1 aliphatic heterocycles. The molecule has 0 bridgehead atoms. The highest BCUT2D eigenvalue weighted by atomic mass is 32.1. The Kier molecular flexibility index (Phi) is 4.41. The van der Waals surface area contributed by atoms with Gasteiger partial charge in [-0.25, -0.2) is 4.98 Å². The van der Waals surface area contributed by atoms with E-state index in [1.807, 2.05) is 37.4 Å². The molecule has 4 rings (SSSR count). The van der Waals surface area contributed by atoms with E-state index >= 15 is 0 Å². The van der Waals surface area contributed by atoms with Gasteiger partial charge in [-0.2, -0.15) is 0 Å². The van der Waals surface area contributed by atoms with E-state index in [1.54, 1.807) is 24.3 Å². The molecular formula is C20H16N2O3S2. The number of rotatable bonds is 3. The lowest BCUT2D eigenvalue weighted by Crippen LogP contribution is -2.29. The summed E-state index contributed by atoms with van der Waals surface area (Å²) < 4.78 is 0. The van der Waals surface area contributed by atoms with Crippen molar-refractivity contribution in [2.24, 2.45) is 0 Å². The zero-order chi connectivity index (χ0) is 19.1. The Balaban J connectivity index is 1.94. The monoisotopic (exact) mass is 396 g/mol. The lowest BCUT2D eigenvalue weighted by atomic mass is 10.00. The van der Waals surface area contributed by atoms with Crippen LogP contribution in [0.4, 0.5) is 5.13 Å². The summed E-state index contributed by atoms with van der Waals surface area (Å²) in [5.74, 6) is -1.53. The minimum absolute atomic E-state index is 0.0964. The van der Waals surface area contributed by atoms with Crippen molar-refractivity contribution in [2.75, 3.05) is 4.90 Å². The molecule has 1 aliphatic rings. The quantitative estimate of drug-likeness (QED) is 0.403. The second kappa shape index (κ2) is 6.75. The number of aliphatic hydroxyl groups is 1. The van der Waals surface area contributed by atoms with Crippen LogP contribution in [0.2, 0.25) is 0 Å². The third-order valence-electron chi connectivity index (χ3n) is 4.53. The van der Waals surface area contributed by atoms with Gasteiger partial charge in [0.05, 0.1) is 11.3 Å². The van der Waals surface area contributed by atoms with Crippen molar-refractivity contribution < 1.29 is 14.7 Å². The van der Waals surface area contributed by atoms with Crippen LogP contribution in [0.1, 0.15) is 27.1 Å². The molecule has 1 amide bonds. The molecule has 27 heavy (non-hydrogen) atoms. The van der Waals surface area contributed by atoms with Crippen molar-refractivity contribution >= 4 is 45.3 Å². The van der Waals surface area contributed by atoms with E-state index in [4.69, 9.17) is 0 Å². The Morgan fingerprint density at radius 1 is 1.11 bits per heavy atom. The number of hydrogen-bond donors (Lipinski definition) is 1. The Bertz CT molecular complexity index is 1030. The minimum Gasteiger partial charge on any atom is -0.507 e. The summed E-state index contributed by atoms with van der Waals surface area (Å²) in [6.07, 6.45) is 0. The lowest BCUT2D eigenvalue weighted by molar-refractivity contribution is -0.132. The Hall–Kier alpha value is -2.77. The van der Waals surface area contributed by atoms with Gasteiger partial charge in [-0.05, 0) is 25.3 Å². The molecule has 1 atom stereocenters. The first-order valence-electron chi connectivity index (χ1n) is 8.33. The molecule has 7 heteroatoms. The van der Waals surface area contributed by atoms with Crippen molar-refractivity contribution in [1.29, 1.82) is 0 Å². The van der Waals surface area contributed by atoms with Crippen molar-refractivity contribution in [1.82, 2.24) is 4.98 Å². The third-order valence-corrected chi connectivity index (χ3v) is 6.52. The normalized spacial score (nSPS) is 19.0. The van der Waals surface area contributed by atoms with Gasteiger partial charge in [0.15, 0.2) is 5.13 Å². The summed E-state index contributed by atoms with van der Waals surface area (Å²) in [6.45, 7) is 3.80. The number of carbonyl (C=O) groups excluding carboxylic acids is 2. The Morgan fingerprint density at radius 3 is 2.44 bits per heavy atom. The number of hydrogen-bond acceptors (Lipinski definition) is 6. The van der Waals surface area contributed by atoms with Crippen LogP contribution in [0.15, 0.2) is 53.4 Å². The number of carbonyl (C=O) groups is 2. The first kappa shape index (κ1) is 17.6. The summed E-state index contributed by atoms with van der Waals surface area (Å²) in [6, 6.07) is 11.8. The minimum atomic E-state index is -0.694. The van der Waals surface area contributed by atoms with Crippen molar-refractivity contribution in [2.45, 2.75) is 19.9 Å². The van der Waals surface area contributed by atoms with Crippen LogP contribution >= 0.6 is 22.7 Å². The fourth-order valence-electron chi connectivity index (χ4n) is 3.06. The van der Waals surface area contributed by atoms with Crippen LogP contribution < -0.4 is 4.90 Å². The molecule has 5 nitrogen and oxygen atoms in total. The number of aliphatic hydroxyl groups excluding tert-OH is 1. The van der Waals surface area contributed by atoms with Crippen molar-refractivity contribution in [3.63, 3.8) is 0 Å². The van der Waals surface area contributed by atoms with E-state index in [0.29, 0.717) is 10.7 Å². The van der Waals surface area contributed by atoms with Gasteiger partial charge in [-0.15, -0.1) is 22.7 Å². The SMILES string of the molecule is Cc1nc(N2C(=O)C(=O)/C(=C(/O)c3ccccc3)C2c2cccs2)sc1C. The summed E-state index contributed by atoms with van der Waals surface area (Å²) in [4.78, 5) is 33.4. The van der Waals surface area contributed by atoms with Gasteiger partial charge in [-0.1, -0.05) is 36.4 Å². The molecule has 2 aromatic heterocycles. The Morgan fingerprint density at radius 2 is 1.85 bits per heavy atom. The van der Waals surface area contributed by atoms with Crippen LogP contribution in [0.3, 0.4) is 0 Å². The van der Waals surface area contributed by atoms with Gasteiger partial charge < -0.3 is 5.11 Å². The van der Waals surface area contributed by atoms with E-state index in [2.05, 4.69) is 4.98 Å². The molecule has 1 aromatic carbocycles. The van der Waals surface area contributed by atoms with E-state index in [1.165, 1.54) is 27.6 Å².